The number of benzene rings is 1. The van der Waals surface area contributed by atoms with Crippen molar-refractivity contribution in [2.75, 3.05) is 18.6 Å². The lowest BCUT2D eigenvalue weighted by molar-refractivity contribution is 0.517. The molecule has 1 N–H and O–H groups in total. The van der Waals surface area contributed by atoms with Crippen LogP contribution in [0.25, 0.3) is 0 Å². The summed E-state index contributed by atoms with van der Waals surface area (Å²) in [5.41, 5.74) is 1.09. The summed E-state index contributed by atoms with van der Waals surface area (Å²) in [6, 6.07) is 8.02. The minimum absolute atomic E-state index is 0.163. The molecule has 0 spiro atoms. The first-order valence-corrected chi connectivity index (χ1v) is 8.88. The zero-order valence-corrected chi connectivity index (χ0v) is 13.3. The first kappa shape index (κ1) is 16.5. The summed E-state index contributed by atoms with van der Waals surface area (Å²) in [7, 11) is -2.94. The second-order valence-corrected chi connectivity index (χ2v) is 7.93. The van der Waals surface area contributed by atoms with Gasteiger partial charge in [0.15, 0.2) is 0 Å². The molecule has 1 aromatic rings. The molecule has 0 amide bonds. The first-order valence-electron chi connectivity index (χ1n) is 6.44. The van der Waals surface area contributed by atoms with E-state index in [2.05, 4.69) is 19.2 Å². The van der Waals surface area contributed by atoms with Crippen molar-refractivity contribution in [1.29, 1.82) is 0 Å². The maximum Gasteiger partial charge on any atom is 0.147 e. The molecular formula is C14H22ClNO2S. The Hall–Kier alpha value is -0.580. The molecule has 1 atom stereocenters. The Bertz CT molecular complexity index is 500. The highest BCUT2D eigenvalue weighted by molar-refractivity contribution is 7.90. The number of halogens is 1. The molecule has 0 aliphatic carbocycles. The molecule has 19 heavy (non-hydrogen) atoms. The number of rotatable bonds is 7. The van der Waals surface area contributed by atoms with Crippen molar-refractivity contribution < 1.29 is 8.42 Å². The SMILES string of the molecule is CC(C)NCC(CCS(C)(=O)=O)c1cccc(Cl)c1. The van der Waals surface area contributed by atoms with Crippen molar-refractivity contribution in [3.8, 4) is 0 Å². The topological polar surface area (TPSA) is 46.2 Å². The smallest absolute Gasteiger partial charge is 0.147 e. The van der Waals surface area contributed by atoms with Gasteiger partial charge < -0.3 is 5.32 Å². The Morgan fingerprint density at radius 2 is 2.00 bits per heavy atom. The maximum absolute atomic E-state index is 11.3. The summed E-state index contributed by atoms with van der Waals surface area (Å²) in [5, 5.41) is 4.05. The predicted octanol–water partition coefficient (Wildman–Crippen LogP) is 2.86. The van der Waals surface area contributed by atoms with E-state index in [0.29, 0.717) is 17.5 Å². The predicted molar refractivity (Wildman–Crippen MR) is 81.7 cm³/mol. The van der Waals surface area contributed by atoms with Gasteiger partial charge in [-0.3, -0.25) is 0 Å². The van der Waals surface area contributed by atoms with E-state index in [-0.39, 0.29) is 11.7 Å². The van der Waals surface area contributed by atoms with E-state index >= 15 is 0 Å². The van der Waals surface area contributed by atoms with Gasteiger partial charge in [0.2, 0.25) is 0 Å². The molecular weight excluding hydrogens is 282 g/mol. The monoisotopic (exact) mass is 303 g/mol. The van der Waals surface area contributed by atoms with E-state index in [1.54, 1.807) is 0 Å². The fraction of sp³-hybridized carbons (Fsp3) is 0.571. The van der Waals surface area contributed by atoms with Gasteiger partial charge in [-0.05, 0) is 30.0 Å². The van der Waals surface area contributed by atoms with Crippen LogP contribution in [0.3, 0.4) is 0 Å². The molecule has 108 valence electrons. The van der Waals surface area contributed by atoms with Crippen LogP contribution in [-0.2, 0) is 9.84 Å². The normalized spacial score (nSPS) is 13.7. The quantitative estimate of drug-likeness (QED) is 0.842. The Balaban J connectivity index is 2.79. The van der Waals surface area contributed by atoms with Crippen LogP contribution in [-0.4, -0.2) is 33.0 Å². The summed E-state index contributed by atoms with van der Waals surface area (Å²) in [6.07, 6.45) is 1.89. The molecule has 0 aliphatic rings. The highest BCUT2D eigenvalue weighted by atomic mass is 35.5. The molecule has 0 radical (unpaired) electrons. The largest absolute Gasteiger partial charge is 0.314 e. The highest BCUT2D eigenvalue weighted by Crippen LogP contribution is 2.23. The second kappa shape index (κ2) is 7.27. The van der Waals surface area contributed by atoms with Gasteiger partial charge in [-0.25, -0.2) is 8.42 Å². The molecule has 3 nitrogen and oxygen atoms in total. The van der Waals surface area contributed by atoms with Gasteiger partial charge in [0.05, 0.1) is 5.75 Å². The minimum atomic E-state index is -2.94. The van der Waals surface area contributed by atoms with E-state index in [1.807, 2.05) is 24.3 Å². The number of sulfone groups is 1. The first-order chi connectivity index (χ1) is 8.78. The van der Waals surface area contributed by atoms with Gasteiger partial charge in [-0.15, -0.1) is 0 Å². The van der Waals surface area contributed by atoms with Crippen LogP contribution in [0.15, 0.2) is 24.3 Å². The highest BCUT2D eigenvalue weighted by Gasteiger charge is 2.15. The van der Waals surface area contributed by atoms with Crippen molar-refractivity contribution in [2.24, 2.45) is 0 Å². The van der Waals surface area contributed by atoms with Crippen LogP contribution in [0.5, 0.6) is 0 Å². The second-order valence-electron chi connectivity index (χ2n) is 5.23. The molecule has 0 fully saturated rings. The van der Waals surface area contributed by atoms with Crippen molar-refractivity contribution >= 4 is 21.4 Å². The van der Waals surface area contributed by atoms with Gasteiger partial charge in [-0.2, -0.15) is 0 Å². The zero-order valence-electron chi connectivity index (χ0n) is 11.7. The Morgan fingerprint density at radius 3 is 2.53 bits per heavy atom. The molecule has 1 unspecified atom stereocenters. The van der Waals surface area contributed by atoms with E-state index in [4.69, 9.17) is 11.6 Å². The Morgan fingerprint density at radius 1 is 1.32 bits per heavy atom. The van der Waals surface area contributed by atoms with Crippen molar-refractivity contribution in [3.05, 3.63) is 34.9 Å². The fourth-order valence-corrected chi connectivity index (χ4v) is 2.79. The van der Waals surface area contributed by atoms with E-state index in [1.165, 1.54) is 6.26 Å². The molecule has 0 aliphatic heterocycles. The Kier molecular flexibility index (Phi) is 6.30. The van der Waals surface area contributed by atoms with Gasteiger partial charge in [0, 0.05) is 23.9 Å². The molecule has 0 saturated heterocycles. The number of hydrogen-bond acceptors (Lipinski definition) is 3. The van der Waals surface area contributed by atoms with Gasteiger partial charge >= 0.3 is 0 Å². The average Bonchev–Trinajstić information content (AvgIpc) is 2.27. The third-order valence-corrected chi connectivity index (χ3v) is 4.14. The fourth-order valence-electron chi connectivity index (χ4n) is 1.88. The molecule has 0 heterocycles. The molecule has 0 saturated carbocycles. The van der Waals surface area contributed by atoms with Crippen LogP contribution in [0, 0.1) is 0 Å². The van der Waals surface area contributed by atoms with Gasteiger partial charge in [-0.1, -0.05) is 37.6 Å². The molecule has 1 rings (SSSR count). The number of hydrogen-bond donors (Lipinski definition) is 1. The summed E-state index contributed by atoms with van der Waals surface area (Å²) >= 11 is 6.00. The van der Waals surface area contributed by atoms with Crippen LogP contribution >= 0.6 is 11.6 Å². The third kappa shape index (κ3) is 6.95. The summed E-state index contributed by atoms with van der Waals surface area (Å²) in [5.74, 6) is 0.361. The van der Waals surface area contributed by atoms with Crippen molar-refractivity contribution in [3.63, 3.8) is 0 Å². The van der Waals surface area contributed by atoms with Crippen LogP contribution in [0.1, 0.15) is 31.7 Å². The van der Waals surface area contributed by atoms with E-state index < -0.39 is 9.84 Å². The van der Waals surface area contributed by atoms with Crippen LogP contribution in [0.2, 0.25) is 5.02 Å². The molecule has 0 bridgehead atoms. The van der Waals surface area contributed by atoms with Crippen LogP contribution in [0.4, 0.5) is 0 Å². The zero-order chi connectivity index (χ0) is 14.5. The van der Waals surface area contributed by atoms with Crippen LogP contribution < -0.4 is 5.32 Å². The van der Waals surface area contributed by atoms with Gasteiger partial charge in [0.25, 0.3) is 0 Å². The lowest BCUT2D eigenvalue weighted by atomic mass is 9.96. The average molecular weight is 304 g/mol. The summed E-state index contributed by atoms with van der Waals surface area (Å²) in [4.78, 5) is 0. The number of nitrogens with one attached hydrogen (secondary N) is 1. The molecule has 0 aromatic heterocycles. The standard InChI is InChI=1S/C14H22ClNO2S/c1-11(2)16-10-13(7-8-19(3,17)18)12-5-4-6-14(15)9-12/h4-6,9,11,13,16H,7-8,10H2,1-3H3. The minimum Gasteiger partial charge on any atom is -0.314 e. The molecule has 1 aromatic carbocycles. The lowest BCUT2D eigenvalue weighted by Gasteiger charge is -2.19. The summed E-state index contributed by atoms with van der Waals surface area (Å²) < 4.78 is 22.7. The van der Waals surface area contributed by atoms with Crippen molar-refractivity contribution in [2.45, 2.75) is 32.2 Å². The van der Waals surface area contributed by atoms with Gasteiger partial charge in [0.1, 0.15) is 9.84 Å². The van der Waals surface area contributed by atoms with E-state index in [0.717, 1.165) is 12.1 Å². The Labute approximate surface area is 121 Å². The molecule has 5 heteroatoms. The third-order valence-electron chi connectivity index (χ3n) is 2.93. The lowest BCUT2D eigenvalue weighted by Crippen LogP contribution is -2.29. The van der Waals surface area contributed by atoms with E-state index in [9.17, 15) is 8.42 Å². The summed E-state index contributed by atoms with van der Waals surface area (Å²) in [6.45, 7) is 4.91. The maximum atomic E-state index is 11.3. The van der Waals surface area contributed by atoms with Crippen molar-refractivity contribution in [1.82, 2.24) is 5.32 Å².